The molecule has 0 aromatic rings. The molecule has 0 fully saturated rings. The monoisotopic (exact) mass is 872 g/mol. The molecule has 0 saturated heterocycles. The number of hydrogen-bond acceptors (Lipinski definition) is 0. The maximum absolute atomic E-state index is 3.40. The van der Waals surface area contributed by atoms with Crippen molar-refractivity contribution in [2.24, 2.45) is 0 Å². The van der Waals surface area contributed by atoms with E-state index in [1.165, 1.54) is 22.5 Å². The molecule has 7 heavy (non-hydrogen) atoms. The molecule has 0 aromatic carbocycles. The Hall–Kier alpha value is 3.76. The van der Waals surface area contributed by atoms with Gasteiger partial charge in [-0.1, -0.05) is 0 Å². The topological polar surface area (TPSA) is 0 Å². The zero-order chi connectivity index (χ0) is 2.71. The molecule has 0 rings (SSSR count). The summed E-state index contributed by atoms with van der Waals surface area (Å²) >= 11 is 1.40. The average Bonchev–Trinajstić information content (AvgIpc) is 0.918. The first-order valence-corrected chi connectivity index (χ1v) is 2.34. The molecule has 0 saturated carbocycles. The van der Waals surface area contributed by atoms with Gasteiger partial charge in [-0.3, -0.25) is 0 Å². The normalized spacial score (nSPS) is 1.86. The zero-order valence-electron chi connectivity index (χ0n) is 3.86. The van der Waals surface area contributed by atoms with Crippen molar-refractivity contribution in [3.63, 3.8) is 0 Å². The van der Waals surface area contributed by atoms with Crippen LogP contribution in [0, 0.1) is 93.3 Å². The van der Waals surface area contributed by atoms with Gasteiger partial charge in [-0.25, -0.2) is 0 Å². The Morgan fingerprint density at radius 3 is 1.14 bits per heavy atom. The fraction of sp³-hybridized carbons (Fsp3) is 0. The van der Waals surface area contributed by atoms with E-state index in [0.29, 0.717) is 0 Å². The smallest absolute Gasteiger partial charge is 0 e. The molecule has 5 heteroatoms. The van der Waals surface area contributed by atoms with Gasteiger partial charge in [0, 0.05) is 102 Å². The van der Waals surface area contributed by atoms with Crippen molar-refractivity contribution < 1.29 is 93.3 Å². The van der Waals surface area contributed by atoms with Crippen molar-refractivity contribution in [3.05, 3.63) is 10.7 Å². The van der Waals surface area contributed by atoms with Crippen LogP contribution < -0.4 is 0 Å². The summed E-state index contributed by atoms with van der Waals surface area (Å²) in [5, 5.41) is 0. The van der Waals surface area contributed by atoms with E-state index in [1.54, 1.807) is 0 Å². The second kappa shape index (κ2) is 33.1. The third-order valence-corrected chi connectivity index (χ3v) is 0. The maximum atomic E-state index is 3.40. The summed E-state index contributed by atoms with van der Waals surface area (Å²) in [4.78, 5) is 0. The van der Waals surface area contributed by atoms with E-state index in [4.69, 9.17) is 0 Å². The molecular weight excluding hydrogens is 868 g/mol. The van der Waals surface area contributed by atoms with Crippen LogP contribution in [-0.2, 0) is 0 Å². The van der Waals surface area contributed by atoms with Gasteiger partial charge in [0.25, 0.3) is 0 Å². The first-order chi connectivity index (χ1) is 1.41. The number of rotatable bonds is 0. The summed E-state index contributed by atoms with van der Waals surface area (Å²) in [7, 11) is 0. The zero-order valence-corrected chi connectivity index (χ0v) is 19.2. The summed E-state index contributed by atoms with van der Waals surface area (Å²) in [5.74, 6) is 0. The quantitative estimate of drug-likeness (QED) is 0.300. The predicted octanol–water partition coefficient (Wildman–Crippen LogP) is -0.0824. The van der Waals surface area contributed by atoms with E-state index in [2.05, 4.69) is 6.58 Å². The molecular formula is C2H3BSnU3. The van der Waals surface area contributed by atoms with Gasteiger partial charge in [-0.05, 0) is 0 Å². The van der Waals surface area contributed by atoms with Crippen molar-refractivity contribution >= 4 is 30.9 Å². The van der Waals surface area contributed by atoms with Crippen molar-refractivity contribution in [1.29, 1.82) is 0 Å². The van der Waals surface area contributed by atoms with E-state index in [-0.39, 0.29) is 102 Å². The minimum Gasteiger partial charge on any atom is 0 e. The SMILES string of the molecule is C=[CH][Sn].[B].[U].[U].[U]. The minimum absolute atomic E-state index is 0. The Kier molecular flexibility index (Phi) is 146. The van der Waals surface area contributed by atoms with Gasteiger partial charge in [0.05, 0.1) is 0 Å². The van der Waals surface area contributed by atoms with Gasteiger partial charge < -0.3 is 0 Å². The van der Waals surface area contributed by atoms with Crippen molar-refractivity contribution in [3.8, 4) is 0 Å². The largest absolute Gasteiger partial charge is 0 e. The minimum atomic E-state index is 0. The Morgan fingerprint density at radius 2 is 1.14 bits per heavy atom. The predicted molar refractivity (Wildman–Crippen MR) is 21.7 cm³/mol. The molecule has 30 valence electrons. The standard InChI is InChI=1S/C2H3.B.Sn.3U/c1-2;;;;;/h1H,2H2;;;;;. The summed E-state index contributed by atoms with van der Waals surface area (Å²) in [6.45, 7) is 3.40. The second-order valence-corrected chi connectivity index (χ2v) is 1.37. The maximum Gasteiger partial charge on any atom is 0 e. The van der Waals surface area contributed by atoms with Crippen molar-refractivity contribution in [2.45, 2.75) is 0 Å². The third-order valence-electron chi connectivity index (χ3n) is 0. The molecule has 0 spiro atoms. The summed E-state index contributed by atoms with van der Waals surface area (Å²) in [5.41, 5.74) is 0. The summed E-state index contributed by atoms with van der Waals surface area (Å²) < 4.78 is 1.84. The van der Waals surface area contributed by atoms with Gasteiger partial charge in [0.15, 0.2) is 0 Å². The molecule has 0 nitrogen and oxygen atoms in total. The summed E-state index contributed by atoms with van der Waals surface area (Å²) in [6, 6.07) is 0. The Balaban J connectivity index is -0.00000000333. The average molecular weight is 871 g/mol. The van der Waals surface area contributed by atoms with E-state index in [1.807, 2.05) is 4.09 Å². The van der Waals surface area contributed by atoms with Crippen LogP contribution in [0.5, 0.6) is 0 Å². The molecule has 0 aliphatic heterocycles. The first-order valence-electron chi connectivity index (χ1n) is 0.697. The Morgan fingerprint density at radius 1 is 1.14 bits per heavy atom. The van der Waals surface area contributed by atoms with E-state index >= 15 is 0 Å². The molecule has 0 aliphatic rings. The van der Waals surface area contributed by atoms with Gasteiger partial charge >= 0.3 is 33.2 Å². The second-order valence-electron chi connectivity index (χ2n) is 0.204. The Bertz CT molecular complexity index is 20.4. The fourth-order valence-electron chi connectivity index (χ4n) is 0. The molecule has 0 atom stereocenters. The molecule has 0 bridgehead atoms. The van der Waals surface area contributed by atoms with E-state index in [9.17, 15) is 0 Å². The fourth-order valence-corrected chi connectivity index (χ4v) is 0. The molecule has 0 aromatic heterocycles. The molecule has 0 unspecified atom stereocenters. The number of hydrogen-bond donors (Lipinski definition) is 0. The molecule has 6 radical (unpaired) electrons. The summed E-state index contributed by atoms with van der Waals surface area (Å²) in [6.07, 6.45) is 0. The van der Waals surface area contributed by atoms with Crippen LogP contribution in [0.3, 0.4) is 0 Å². The van der Waals surface area contributed by atoms with Crippen LogP contribution in [0.1, 0.15) is 0 Å². The Labute approximate surface area is 132 Å². The van der Waals surface area contributed by atoms with Crippen molar-refractivity contribution in [2.75, 3.05) is 0 Å². The van der Waals surface area contributed by atoms with Crippen LogP contribution in [0.4, 0.5) is 0 Å². The van der Waals surface area contributed by atoms with Crippen LogP contribution in [0.15, 0.2) is 10.7 Å². The first kappa shape index (κ1) is 30.9. The van der Waals surface area contributed by atoms with Crippen LogP contribution in [0.2, 0.25) is 0 Å². The van der Waals surface area contributed by atoms with Crippen LogP contribution in [0.25, 0.3) is 0 Å². The van der Waals surface area contributed by atoms with Gasteiger partial charge in [-0.15, -0.1) is 0 Å². The molecule has 0 heterocycles. The van der Waals surface area contributed by atoms with E-state index in [0.717, 1.165) is 0 Å². The molecule has 0 amide bonds. The van der Waals surface area contributed by atoms with Crippen LogP contribution in [-0.4, -0.2) is 30.9 Å². The molecule has 0 aliphatic carbocycles. The van der Waals surface area contributed by atoms with Crippen LogP contribution >= 0.6 is 0 Å². The third kappa shape index (κ3) is 41.6. The van der Waals surface area contributed by atoms with E-state index < -0.39 is 0 Å². The van der Waals surface area contributed by atoms with Gasteiger partial charge in [-0.2, -0.15) is 0 Å². The van der Waals surface area contributed by atoms with Crippen molar-refractivity contribution in [1.82, 2.24) is 0 Å². The van der Waals surface area contributed by atoms with Gasteiger partial charge in [0.1, 0.15) is 0 Å². The molecule has 0 N–H and O–H groups in total. The van der Waals surface area contributed by atoms with Gasteiger partial charge in [0.2, 0.25) is 0 Å².